The summed E-state index contributed by atoms with van der Waals surface area (Å²) in [4.78, 5) is 23.1. The minimum absolute atomic E-state index is 0.0185. The van der Waals surface area contributed by atoms with Crippen LogP contribution < -0.4 is 15.4 Å². The smallest absolute Gasteiger partial charge is 0.225 e. The number of ether oxygens (including phenoxy) is 1. The second-order valence-corrected chi connectivity index (χ2v) is 5.57. The molecule has 1 aromatic carbocycles. The van der Waals surface area contributed by atoms with E-state index in [-0.39, 0.29) is 23.8 Å². The number of hydrogen-bond acceptors (Lipinski definition) is 3. The van der Waals surface area contributed by atoms with Crippen molar-refractivity contribution >= 4 is 11.8 Å². The van der Waals surface area contributed by atoms with Gasteiger partial charge in [-0.2, -0.15) is 0 Å². The zero-order chi connectivity index (χ0) is 15.2. The number of benzene rings is 1. The summed E-state index contributed by atoms with van der Waals surface area (Å²) in [5.41, 5.74) is 1.18. The Balaban J connectivity index is 1.73. The van der Waals surface area contributed by atoms with Gasteiger partial charge in [-0.25, -0.2) is 0 Å². The molecule has 2 atom stereocenters. The molecule has 0 aliphatic carbocycles. The molecule has 21 heavy (non-hydrogen) atoms. The number of piperidine rings is 1. The number of rotatable bonds is 5. The van der Waals surface area contributed by atoms with Gasteiger partial charge in [-0.15, -0.1) is 0 Å². The van der Waals surface area contributed by atoms with Crippen molar-refractivity contribution in [1.29, 1.82) is 0 Å². The normalized spacial score (nSPS) is 19.5. The number of amides is 2. The van der Waals surface area contributed by atoms with Crippen LogP contribution in [0.4, 0.5) is 0 Å². The van der Waals surface area contributed by atoms with Crippen LogP contribution in [0.2, 0.25) is 0 Å². The highest BCUT2D eigenvalue weighted by Gasteiger charge is 2.25. The molecule has 1 saturated heterocycles. The van der Waals surface area contributed by atoms with Gasteiger partial charge in [-0.05, 0) is 32.4 Å². The predicted molar refractivity (Wildman–Crippen MR) is 80.0 cm³/mol. The van der Waals surface area contributed by atoms with E-state index in [1.54, 1.807) is 0 Å². The molecule has 1 fully saturated rings. The lowest BCUT2D eigenvalue weighted by molar-refractivity contribution is -0.129. The molecule has 1 heterocycles. The fourth-order valence-corrected chi connectivity index (χ4v) is 2.21. The average molecular weight is 290 g/mol. The molecule has 2 amide bonds. The van der Waals surface area contributed by atoms with Crippen molar-refractivity contribution in [3.8, 4) is 5.75 Å². The fraction of sp³-hybridized carbons (Fsp3) is 0.500. The second kappa shape index (κ2) is 7.11. The second-order valence-electron chi connectivity index (χ2n) is 5.57. The summed E-state index contributed by atoms with van der Waals surface area (Å²) in [6.07, 6.45) is 1.04. The Labute approximate surface area is 125 Å². The summed E-state index contributed by atoms with van der Waals surface area (Å²) >= 11 is 0. The maximum Gasteiger partial charge on any atom is 0.225 e. The molecule has 114 valence electrons. The van der Waals surface area contributed by atoms with Gasteiger partial charge in [0.25, 0.3) is 0 Å². The zero-order valence-corrected chi connectivity index (χ0v) is 12.5. The molecule has 1 aromatic rings. The molecule has 1 aliphatic heterocycles. The van der Waals surface area contributed by atoms with Crippen LogP contribution in [0.25, 0.3) is 0 Å². The van der Waals surface area contributed by atoms with Crippen LogP contribution in [0.1, 0.15) is 25.3 Å². The molecule has 5 heteroatoms. The monoisotopic (exact) mass is 290 g/mol. The van der Waals surface area contributed by atoms with E-state index >= 15 is 0 Å². The molecule has 0 spiro atoms. The van der Waals surface area contributed by atoms with Crippen LogP contribution in [0.5, 0.6) is 5.75 Å². The van der Waals surface area contributed by atoms with Crippen molar-refractivity contribution in [3.05, 3.63) is 29.8 Å². The van der Waals surface area contributed by atoms with E-state index in [1.807, 2.05) is 38.1 Å². The van der Waals surface area contributed by atoms with E-state index in [0.29, 0.717) is 26.0 Å². The zero-order valence-electron chi connectivity index (χ0n) is 12.5. The van der Waals surface area contributed by atoms with Gasteiger partial charge in [0.05, 0.1) is 12.0 Å². The van der Waals surface area contributed by atoms with Gasteiger partial charge < -0.3 is 15.4 Å². The topological polar surface area (TPSA) is 67.4 Å². The number of carbonyl (C=O) groups excluding carboxylic acids is 2. The lowest BCUT2D eigenvalue weighted by Crippen LogP contribution is -2.46. The number of hydrogen-bond donors (Lipinski definition) is 2. The Morgan fingerprint density at radius 3 is 2.76 bits per heavy atom. The maximum absolute atomic E-state index is 12.1. The third-order valence-corrected chi connectivity index (χ3v) is 3.55. The molecule has 0 bridgehead atoms. The molecule has 2 unspecified atom stereocenters. The van der Waals surface area contributed by atoms with E-state index < -0.39 is 0 Å². The van der Waals surface area contributed by atoms with Crippen LogP contribution in [-0.2, 0) is 9.59 Å². The van der Waals surface area contributed by atoms with Crippen molar-refractivity contribution in [1.82, 2.24) is 10.6 Å². The summed E-state index contributed by atoms with van der Waals surface area (Å²) in [6.45, 7) is 4.78. The van der Waals surface area contributed by atoms with Gasteiger partial charge in [0.15, 0.2) is 0 Å². The number of nitrogens with one attached hydrogen (secondary N) is 2. The van der Waals surface area contributed by atoms with Gasteiger partial charge >= 0.3 is 0 Å². The third kappa shape index (κ3) is 4.77. The summed E-state index contributed by atoms with van der Waals surface area (Å²) < 4.78 is 5.64. The lowest BCUT2D eigenvalue weighted by atomic mass is 9.98. The molecular formula is C16H22N2O3. The Bertz CT molecular complexity index is 489. The highest BCUT2D eigenvalue weighted by atomic mass is 16.5. The Hall–Kier alpha value is -2.04. The Kier molecular flexibility index (Phi) is 5.20. The summed E-state index contributed by atoms with van der Waals surface area (Å²) in [5, 5.41) is 5.65. The minimum atomic E-state index is -0.135. The first-order chi connectivity index (χ1) is 10.0. The van der Waals surface area contributed by atoms with Crippen LogP contribution >= 0.6 is 0 Å². The molecule has 2 N–H and O–H groups in total. The molecule has 0 saturated carbocycles. The largest absolute Gasteiger partial charge is 0.491 e. The molecular weight excluding hydrogens is 268 g/mol. The first-order valence-electron chi connectivity index (χ1n) is 7.31. The van der Waals surface area contributed by atoms with Gasteiger partial charge in [0.1, 0.15) is 12.4 Å². The quantitative estimate of drug-likeness (QED) is 0.861. The summed E-state index contributed by atoms with van der Waals surface area (Å²) in [5.74, 6) is 0.668. The fourth-order valence-electron chi connectivity index (χ4n) is 2.21. The summed E-state index contributed by atoms with van der Waals surface area (Å²) in [6, 6.07) is 7.74. The van der Waals surface area contributed by atoms with Crippen LogP contribution in [-0.4, -0.2) is 31.0 Å². The van der Waals surface area contributed by atoms with Crippen molar-refractivity contribution in [2.24, 2.45) is 5.92 Å². The van der Waals surface area contributed by atoms with Gasteiger partial charge in [0.2, 0.25) is 11.8 Å². The molecule has 0 radical (unpaired) electrons. The Morgan fingerprint density at radius 1 is 1.43 bits per heavy atom. The molecule has 0 aromatic heterocycles. The molecule has 2 rings (SSSR count). The van der Waals surface area contributed by atoms with Crippen LogP contribution in [0.3, 0.4) is 0 Å². The van der Waals surface area contributed by atoms with Crippen LogP contribution in [0, 0.1) is 12.8 Å². The van der Waals surface area contributed by atoms with E-state index in [2.05, 4.69) is 10.6 Å². The first-order valence-corrected chi connectivity index (χ1v) is 7.31. The van der Waals surface area contributed by atoms with Gasteiger partial charge in [0, 0.05) is 13.0 Å². The van der Waals surface area contributed by atoms with Gasteiger partial charge in [-0.1, -0.05) is 17.7 Å². The number of aryl methyl sites for hydroxylation is 1. The number of carbonyl (C=O) groups is 2. The molecule has 5 nitrogen and oxygen atoms in total. The predicted octanol–water partition coefficient (Wildman–Crippen LogP) is 1.40. The van der Waals surface area contributed by atoms with Crippen molar-refractivity contribution in [2.45, 2.75) is 32.7 Å². The van der Waals surface area contributed by atoms with Crippen molar-refractivity contribution in [2.75, 3.05) is 13.2 Å². The highest BCUT2D eigenvalue weighted by Crippen LogP contribution is 2.13. The third-order valence-electron chi connectivity index (χ3n) is 3.55. The van der Waals surface area contributed by atoms with Crippen molar-refractivity contribution in [3.63, 3.8) is 0 Å². The van der Waals surface area contributed by atoms with Crippen molar-refractivity contribution < 1.29 is 14.3 Å². The average Bonchev–Trinajstić information content (AvgIpc) is 2.47. The maximum atomic E-state index is 12.1. The molecule has 1 aliphatic rings. The SMILES string of the molecule is Cc1ccc(OCC(C)NC(=O)C2CCC(=O)NC2)cc1. The standard InChI is InChI=1S/C16H22N2O3/c1-11-3-6-14(7-4-11)21-10-12(2)18-16(20)13-5-8-15(19)17-9-13/h3-4,6-7,12-13H,5,8-10H2,1-2H3,(H,17,19)(H,18,20). The highest BCUT2D eigenvalue weighted by molar-refractivity contribution is 5.83. The van der Waals surface area contributed by atoms with E-state index in [1.165, 1.54) is 5.56 Å². The van der Waals surface area contributed by atoms with E-state index in [0.717, 1.165) is 5.75 Å². The minimum Gasteiger partial charge on any atom is -0.491 e. The van der Waals surface area contributed by atoms with Gasteiger partial charge in [-0.3, -0.25) is 9.59 Å². The lowest BCUT2D eigenvalue weighted by Gasteiger charge is -2.23. The van der Waals surface area contributed by atoms with E-state index in [9.17, 15) is 9.59 Å². The van der Waals surface area contributed by atoms with Crippen LogP contribution in [0.15, 0.2) is 24.3 Å². The first kappa shape index (κ1) is 15.4. The Morgan fingerprint density at radius 2 is 2.14 bits per heavy atom. The summed E-state index contributed by atoms with van der Waals surface area (Å²) in [7, 11) is 0. The van der Waals surface area contributed by atoms with E-state index in [4.69, 9.17) is 4.74 Å².